The lowest BCUT2D eigenvalue weighted by molar-refractivity contribution is -0.136. The molecule has 0 saturated heterocycles. The van der Waals surface area contributed by atoms with Crippen LogP contribution in [0.1, 0.15) is 36.9 Å². The summed E-state index contributed by atoms with van der Waals surface area (Å²) in [5, 5.41) is 9.32. The highest BCUT2D eigenvalue weighted by Gasteiger charge is 2.32. The van der Waals surface area contributed by atoms with Gasteiger partial charge in [-0.1, -0.05) is 19.9 Å². The highest BCUT2D eigenvalue weighted by Crippen LogP contribution is 2.22. The zero-order valence-electron chi connectivity index (χ0n) is 14.6. The van der Waals surface area contributed by atoms with Crippen molar-refractivity contribution in [3.05, 3.63) is 40.3 Å². The number of aromatic nitrogens is 2. The molecule has 1 aliphatic heterocycles. The molecule has 1 aliphatic rings. The molecule has 134 valence electrons. The molecule has 3 rings (SSSR count). The van der Waals surface area contributed by atoms with Gasteiger partial charge in [-0.05, 0) is 29.9 Å². The van der Waals surface area contributed by atoms with E-state index in [1.807, 2.05) is 31.4 Å². The Bertz CT molecular complexity index is 723. The second-order valence-electron chi connectivity index (χ2n) is 6.78. The maximum Gasteiger partial charge on any atom is 0.246 e. The van der Waals surface area contributed by atoms with Crippen molar-refractivity contribution in [3.8, 4) is 0 Å². The van der Waals surface area contributed by atoms with Crippen LogP contribution in [0.5, 0.6) is 0 Å². The van der Waals surface area contributed by atoms with Gasteiger partial charge in [0.25, 0.3) is 0 Å². The number of carbonyl (C=O) groups is 2. The molecule has 2 aromatic heterocycles. The minimum atomic E-state index is -0.460. The number of thiophene rings is 1. The van der Waals surface area contributed by atoms with Gasteiger partial charge in [0.05, 0.1) is 18.8 Å². The summed E-state index contributed by atoms with van der Waals surface area (Å²) in [4.78, 5) is 28.1. The van der Waals surface area contributed by atoms with E-state index in [1.54, 1.807) is 27.1 Å². The number of rotatable bonds is 6. The molecule has 0 aliphatic carbocycles. The van der Waals surface area contributed by atoms with E-state index < -0.39 is 6.04 Å². The van der Waals surface area contributed by atoms with E-state index in [1.165, 1.54) is 4.88 Å². The van der Waals surface area contributed by atoms with E-state index in [4.69, 9.17) is 0 Å². The van der Waals surface area contributed by atoms with Crippen molar-refractivity contribution in [2.45, 2.75) is 39.3 Å². The second kappa shape index (κ2) is 7.82. The maximum absolute atomic E-state index is 12.7. The van der Waals surface area contributed by atoms with Gasteiger partial charge in [-0.3, -0.25) is 14.3 Å². The van der Waals surface area contributed by atoms with Crippen LogP contribution < -0.4 is 5.32 Å². The Morgan fingerprint density at radius 3 is 2.96 bits per heavy atom. The SMILES string of the molecule is CC(C)CC(=O)N1Cc2ccnn2[C@@H](C(=O)NCCc2cccs2)C1. The van der Waals surface area contributed by atoms with Crippen LogP contribution in [0.2, 0.25) is 0 Å². The third-order valence-corrected chi connectivity index (χ3v) is 5.22. The third-order valence-electron chi connectivity index (χ3n) is 4.28. The molecule has 0 bridgehead atoms. The quantitative estimate of drug-likeness (QED) is 0.859. The van der Waals surface area contributed by atoms with Gasteiger partial charge in [0.2, 0.25) is 11.8 Å². The first-order valence-electron chi connectivity index (χ1n) is 8.65. The van der Waals surface area contributed by atoms with Crippen molar-refractivity contribution in [1.29, 1.82) is 0 Å². The van der Waals surface area contributed by atoms with Crippen LogP contribution in [-0.2, 0) is 22.6 Å². The first-order valence-corrected chi connectivity index (χ1v) is 9.53. The van der Waals surface area contributed by atoms with Crippen molar-refractivity contribution in [2.24, 2.45) is 5.92 Å². The Labute approximate surface area is 151 Å². The summed E-state index contributed by atoms with van der Waals surface area (Å²) in [6, 6.07) is 5.49. The Morgan fingerprint density at radius 2 is 2.24 bits per heavy atom. The van der Waals surface area contributed by atoms with Crippen molar-refractivity contribution >= 4 is 23.2 Å². The molecule has 2 amide bonds. The van der Waals surface area contributed by atoms with Crippen LogP contribution in [0.3, 0.4) is 0 Å². The van der Waals surface area contributed by atoms with Crippen LogP contribution in [0, 0.1) is 5.92 Å². The summed E-state index contributed by atoms with van der Waals surface area (Å²) in [6.07, 6.45) is 3.01. The lowest BCUT2D eigenvalue weighted by Gasteiger charge is -2.33. The molecule has 0 saturated carbocycles. The van der Waals surface area contributed by atoms with Crippen LogP contribution in [0.4, 0.5) is 0 Å². The minimum Gasteiger partial charge on any atom is -0.354 e. The largest absolute Gasteiger partial charge is 0.354 e. The predicted octanol–water partition coefficient (Wildman–Crippen LogP) is 2.23. The number of hydrogen-bond donors (Lipinski definition) is 1. The summed E-state index contributed by atoms with van der Waals surface area (Å²) in [5.74, 6) is 0.319. The van der Waals surface area contributed by atoms with E-state index >= 15 is 0 Å². The van der Waals surface area contributed by atoms with E-state index in [0.717, 1.165) is 12.1 Å². The van der Waals surface area contributed by atoms with Crippen molar-refractivity contribution in [1.82, 2.24) is 20.0 Å². The Kier molecular flexibility index (Phi) is 5.53. The Balaban J connectivity index is 1.64. The molecule has 0 aromatic carbocycles. The van der Waals surface area contributed by atoms with Crippen LogP contribution in [0.15, 0.2) is 29.8 Å². The molecule has 25 heavy (non-hydrogen) atoms. The molecule has 7 heteroatoms. The first-order chi connectivity index (χ1) is 12.0. The van der Waals surface area contributed by atoms with Gasteiger partial charge in [-0.15, -0.1) is 11.3 Å². The molecule has 0 spiro atoms. The van der Waals surface area contributed by atoms with E-state index in [2.05, 4.69) is 16.5 Å². The molecular weight excluding hydrogens is 336 g/mol. The molecule has 1 N–H and O–H groups in total. The van der Waals surface area contributed by atoms with Gasteiger partial charge < -0.3 is 10.2 Å². The average Bonchev–Trinajstić information content (AvgIpc) is 3.24. The molecule has 0 unspecified atom stereocenters. The minimum absolute atomic E-state index is 0.0800. The van der Waals surface area contributed by atoms with Crippen molar-refractivity contribution in [3.63, 3.8) is 0 Å². The highest BCUT2D eigenvalue weighted by atomic mass is 32.1. The van der Waals surface area contributed by atoms with Gasteiger partial charge in [-0.2, -0.15) is 5.10 Å². The first kappa shape index (κ1) is 17.7. The zero-order valence-corrected chi connectivity index (χ0v) is 15.5. The zero-order chi connectivity index (χ0) is 17.8. The normalized spacial score (nSPS) is 16.8. The van der Waals surface area contributed by atoms with Gasteiger partial charge in [0.1, 0.15) is 6.04 Å². The maximum atomic E-state index is 12.7. The monoisotopic (exact) mass is 360 g/mol. The summed E-state index contributed by atoms with van der Waals surface area (Å²) in [6.45, 7) is 5.55. The number of nitrogens with zero attached hydrogens (tertiary/aromatic N) is 3. The van der Waals surface area contributed by atoms with Crippen molar-refractivity contribution in [2.75, 3.05) is 13.1 Å². The van der Waals surface area contributed by atoms with Gasteiger partial charge in [0, 0.05) is 24.0 Å². The lowest BCUT2D eigenvalue weighted by atomic mass is 10.1. The fourth-order valence-corrected chi connectivity index (χ4v) is 3.75. The second-order valence-corrected chi connectivity index (χ2v) is 7.81. The van der Waals surface area contributed by atoms with E-state index in [-0.39, 0.29) is 11.8 Å². The average molecular weight is 360 g/mol. The molecule has 2 aromatic rings. The summed E-state index contributed by atoms with van der Waals surface area (Å²) in [7, 11) is 0. The molecular formula is C18H24N4O2S. The van der Waals surface area contributed by atoms with Crippen LogP contribution in [0.25, 0.3) is 0 Å². The smallest absolute Gasteiger partial charge is 0.246 e. The summed E-state index contributed by atoms with van der Waals surface area (Å²) >= 11 is 1.69. The molecule has 3 heterocycles. The van der Waals surface area contributed by atoms with Crippen LogP contribution in [-0.4, -0.2) is 39.6 Å². The molecule has 6 nitrogen and oxygen atoms in total. The Hall–Kier alpha value is -2.15. The number of amides is 2. The van der Waals surface area contributed by atoms with Gasteiger partial charge >= 0.3 is 0 Å². The molecule has 0 radical (unpaired) electrons. The Morgan fingerprint density at radius 1 is 1.40 bits per heavy atom. The molecule has 1 atom stereocenters. The van der Waals surface area contributed by atoms with E-state index in [9.17, 15) is 9.59 Å². The van der Waals surface area contributed by atoms with Crippen molar-refractivity contribution < 1.29 is 9.59 Å². The van der Waals surface area contributed by atoms with Gasteiger partial charge in [0.15, 0.2) is 0 Å². The third kappa shape index (κ3) is 4.28. The summed E-state index contributed by atoms with van der Waals surface area (Å²) in [5.41, 5.74) is 0.904. The summed E-state index contributed by atoms with van der Waals surface area (Å²) < 4.78 is 1.75. The number of hydrogen-bond acceptors (Lipinski definition) is 4. The number of fused-ring (bicyclic) bond motifs is 1. The predicted molar refractivity (Wildman–Crippen MR) is 97.2 cm³/mol. The standard InChI is InChI=1S/C18H24N4O2S/c1-13(2)10-17(23)21-11-14-5-8-20-22(14)16(12-21)18(24)19-7-6-15-4-3-9-25-15/h3-5,8-9,13,16H,6-7,10-12H2,1-2H3,(H,19,24)/t16-/m1/s1. The topological polar surface area (TPSA) is 67.2 Å². The van der Waals surface area contributed by atoms with Crippen LogP contribution >= 0.6 is 11.3 Å². The number of carbonyl (C=O) groups excluding carboxylic acids is 2. The van der Waals surface area contributed by atoms with E-state index in [0.29, 0.717) is 32.0 Å². The fraction of sp³-hybridized carbons (Fsp3) is 0.500. The lowest BCUT2D eigenvalue weighted by Crippen LogP contribution is -2.47. The van der Waals surface area contributed by atoms with Gasteiger partial charge in [-0.25, -0.2) is 0 Å². The number of nitrogens with one attached hydrogen (secondary N) is 1. The molecule has 0 fully saturated rings. The fourth-order valence-electron chi connectivity index (χ4n) is 3.04. The highest BCUT2D eigenvalue weighted by molar-refractivity contribution is 7.09.